The summed E-state index contributed by atoms with van der Waals surface area (Å²) < 4.78 is 23.6. The number of hydrogen-bond donors (Lipinski definition) is 3. The van der Waals surface area contributed by atoms with Gasteiger partial charge in [-0.25, -0.2) is 4.57 Å². The number of aromatic nitrogens is 1. The van der Waals surface area contributed by atoms with Crippen LogP contribution in [0.25, 0.3) is 0 Å². The van der Waals surface area contributed by atoms with Crippen LogP contribution in [0.15, 0.2) is 24.5 Å². The minimum absolute atomic E-state index is 0.411. The fourth-order valence-corrected chi connectivity index (χ4v) is 3.82. The summed E-state index contributed by atoms with van der Waals surface area (Å²) >= 11 is 0. The molecule has 0 spiro atoms. The van der Waals surface area contributed by atoms with Crippen LogP contribution in [0.1, 0.15) is 5.56 Å². The first-order valence-electron chi connectivity index (χ1n) is 4.63. The van der Waals surface area contributed by atoms with Crippen LogP contribution in [-0.4, -0.2) is 20.1 Å². The van der Waals surface area contributed by atoms with Gasteiger partial charge in [-0.15, -0.1) is 0 Å². The molecule has 17 heavy (non-hydrogen) atoms. The lowest BCUT2D eigenvalue weighted by molar-refractivity contribution is -0.671. The van der Waals surface area contributed by atoms with E-state index in [-0.39, 0.29) is 0 Å². The Labute approximate surface area is 98.1 Å². The van der Waals surface area contributed by atoms with E-state index in [0.717, 1.165) is 0 Å². The van der Waals surface area contributed by atoms with Crippen molar-refractivity contribution in [1.82, 2.24) is 0 Å². The molecule has 0 aromatic carbocycles. The van der Waals surface area contributed by atoms with Crippen LogP contribution in [0.4, 0.5) is 0 Å². The van der Waals surface area contributed by atoms with Crippen molar-refractivity contribution in [2.75, 3.05) is 0 Å². The van der Waals surface area contributed by atoms with E-state index in [1.54, 1.807) is 23.9 Å². The molecule has 0 aliphatic heterocycles. The first-order chi connectivity index (χ1) is 7.60. The van der Waals surface area contributed by atoms with Crippen LogP contribution in [-0.2, 0) is 22.6 Å². The maximum atomic E-state index is 11.0. The van der Waals surface area contributed by atoms with Gasteiger partial charge in [0.2, 0.25) is 0 Å². The standard InChI is InChI=1S/C8H13NO6P2/c1-9-4-2-3-7(6-9)5-8(16(10,11)12)17(13,14)15/h2-4,6,8H,5H2,1H3,(H3-,10,11,12,13,14,15). The van der Waals surface area contributed by atoms with Crippen LogP contribution in [0.3, 0.4) is 0 Å². The van der Waals surface area contributed by atoms with Gasteiger partial charge >= 0.3 is 7.60 Å². The third-order valence-corrected chi connectivity index (χ3v) is 5.86. The topological polar surface area (TPSA) is 122 Å². The number of nitrogens with zero attached hydrogens (tertiary/aromatic N) is 1. The Morgan fingerprint density at radius 2 is 2.00 bits per heavy atom. The Kier molecular flexibility index (Phi) is 4.25. The molecule has 0 aliphatic carbocycles. The maximum absolute atomic E-state index is 11.0. The Morgan fingerprint density at radius 1 is 1.41 bits per heavy atom. The molecule has 0 radical (unpaired) electrons. The molecule has 2 unspecified atom stereocenters. The molecule has 2 atom stereocenters. The Morgan fingerprint density at radius 3 is 2.41 bits per heavy atom. The van der Waals surface area contributed by atoms with E-state index in [1.165, 1.54) is 12.3 Å². The Balaban J connectivity index is 3.04. The van der Waals surface area contributed by atoms with E-state index >= 15 is 0 Å². The smallest absolute Gasteiger partial charge is 0.337 e. The fraction of sp³-hybridized carbons (Fsp3) is 0.375. The summed E-state index contributed by atoms with van der Waals surface area (Å²) in [6.07, 6.45) is 2.78. The molecule has 0 fully saturated rings. The quantitative estimate of drug-likeness (QED) is 0.486. The van der Waals surface area contributed by atoms with Crippen molar-refractivity contribution in [1.29, 1.82) is 0 Å². The highest BCUT2D eigenvalue weighted by Gasteiger charge is 2.37. The maximum Gasteiger partial charge on any atom is 0.337 e. The molecule has 9 heteroatoms. The lowest BCUT2D eigenvalue weighted by Gasteiger charge is -2.27. The van der Waals surface area contributed by atoms with E-state index in [2.05, 4.69) is 0 Å². The molecule has 7 nitrogen and oxygen atoms in total. The van der Waals surface area contributed by atoms with Crippen molar-refractivity contribution in [2.45, 2.75) is 11.8 Å². The van der Waals surface area contributed by atoms with Gasteiger partial charge in [-0.2, -0.15) is 0 Å². The lowest BCUT2D eigenvalue weighted by Crippen LogP contribution is -2.28. The predicted octanol–water partition coefficient (Wildman–Crippen LogP) is -0.897. The van der Waals surface area contributed by atoms with Crippen LogP contribution in [0.2, 0.25) is 0 Å². The van der Waals surface area contributed by atoms with Gasteiger partial charge in [-0.05, 0) is 6.07 Å². The summed E-state index contributed by atoms with van der Waals surface area (Å²) in [5, 5.41) is -2.10. The highest BCUT2D eigenvalue weighted by molar-refractivity contribution is 7.70. The molecular weight excluding hydrogens is 268 g/mol. The van der Waals surface area contributed by atoms with Crippen molar-refractivity contribution < 1.29 is 33.3 Å². The van der Waals surface area contributed by atoms with Crippen LogP contribution in [0, 0.1) is 0 Å². The normalized spacial score (nSPS) is 17.5. The molecule has 96 valence electrons. The molecular formula is C8H13NO6P2. The Bertz CT molecular complexity index is 471. The van der Waals surface area contributed by atoms with E-state index in [4.69, 9.17) is 14.7 Å². The van der Waals surface area contributed by atoms with E-state index in [1.807, 2.05) is 0 Å². The van der Waals surface area contributed by atoms with Crippen molar-refractivity contribution >= 4 is 15.2 Å². The zero-order valence-electron chi connectivity index (χ0n) is 9.00. The third-order valence-electron chi connectivity index (χ3n) is 2.18. The summed E-state index contributed by atoms with van der Waals surface area (Å²) in [7, 11) is -8.33. The highest BCUT2D eigenvalue weighted by Crippen LogP contribution is 2.58. The number of aryl methyl sites for hydroxylation is 1. The average Bonchev–Trinajstić information content (AvgIpc) is 2.10. The summed E-state index contributed by atoms with van der Waals surface area (Å²) in [5.41, 5.74) is 0.411. The first-order valence-corrected chi connectivity index (χ1v) is 7.96. The summed E-state index contributed by atoms with van der Waals surface area (Å²) in [6, 6.07) is 3.14. The molecule has 0 aliphatic rings. The minimum Gasteiger partial charge on any atom is -0.778 e. The van der Waals surface area contributed by atoms with Crippen LogP contribution < -0.4 is 9.46 Å². The average molecular weight is 281 g/mol. The molecule has 0 bridgehead atoms. The molecule has 3 N–H and O–H groups in total. The lowest BCUT2D eigenvalue weighted by atomic mass is 10.2. The van der Waals surface area contributed by atoms with E-state index in [0.29, 0.717) is 5.56 Å². The van der Waals surface area contributed by atoms with Crippen molar-refractivity contribution in [3.05, 3.63) is 30.1 Å². The molecule has 0 saturated carbocycles. The largest absolute Gasteiger partial charge is 0.778 e. The zero-order valence-corrected chi connectivity index (χ0v) is 10.8. The second-order valence-corrected chi connectivity index (χ2v) is 7.68. The zero-order chi connectivity index (χ0) is 13.3. The summed E-state index contributed by atoms with van der Waals surface area (Å²) in [6.45, 7) is 0. The molecule has 1 rings (SSSR count). The van der Waals surface area contributed by atoms with Crippen molar-refractivity contribution in [3.63, 3.8) is 0 Å². The first kappa shape index (κ1) is 14.5. The van der Waals surface area contributed by atoms with E-state index in [9.17, 15) is 14.0 Å². The molecule has 1 aromatic heterocycles. The van der Waals surface area contributed by atoms with Gasteiger partial charge in [-0.1, -0.05) is 0 Å². The predicted molar refractivity (Wildman–Crippen MR) is 57.0 cm³/mol. The van der Waals surface area contributed by atoms with Gasteiger partial charge in [0.05, 0.1) is 0 Å². The van der Waals surface area contributed by atoms with Gasteiger partial charge in [0.1, 0.15) is 20.0 Å². The monoisotopic (exact) mass is 281 g/mol. The minimum atomic E-state index is -5.10. The molecule has 1 heterocycles. The summed E-state index contributed by atoms with van der Waals surface area (Å²) in [4.78, 5) is 37.6. The van der Waals surface area contributed by atoms with Crippen molar-refractivity contribution in [2.24, 2.45) is 7.05 Å². The number of hydrogen-bond acceptors (Lipinski definition) is 3. The van der Waals surface area contributed by atoms with Gasteiger partial charge < -0.3 is 24.1 Å². The summed E-state index contributed by atoms with van der Waals surface area (Å²) in [5.74, 6) is 0. The molecule has 1 aromatic rings. The van der Waals surface area contributed by atoms with Gasteiger partial charge in [0.25, 0.3) is 0 Å². The van der Waals surface area contributed by atoms with Crippen LogP contribution >= 0.6 is 15.2 Å². The van der Waals surface area contributed by atoms with Gasteiger partial charge in [0.15, 0.2) is 12.4 Å². The fourth-order valence-electron chi connectivity index (χ4n) is 1.41. The number of rotatable bonds is 4. The SMILES string of the molecule is C[n+]1cccc(CC(P(=O)([O-])O)P(=O)(O)O)c1. The number of pyridine rings is 1. The van der Waals surface area contributed by atoms with E-state index < -0.39 is 27.0 Å². The van der Waals surface area contributed by atoms with Gasteiger partial charge in [-0.3, -0.25) is 4.57 Å². The highest BCUT2D eigenvalue weighted by atomic mass is 31.2. The molecule has 0 amide bonds. The Hall–Kier alpha value is -0.550. The van der Waals surface area contributed by atoms with Gasteiger partial charge in [0, 0.05) is 18.1 Å². The van der Waals surface area contributed by atoms with Crippen LogP contribution in [0.5, 0.6) is 0 Å². The second kappa shape index (κ2) is 4.98. The third kappa shape index (κ3) is 4.32. The molecule has 0 saturated heterocycles. The van der Waals surface area contributed by atoms with Crippen molar-refractivity contribution in [3.8, 4) is 0 Å². The second-order valence-electron chi connectivity index (χ2n) is 3.72.